The topological polar surface area (TPSA) is 34.0 Å². The molecule has 9 heteroatoms. The number of aromatic nitrogens is 3. The minimum absolute atomic E-state index is 0.295. The summed E-state index contributed by atoms with van der Waals surface area (Å²) in [6.45, 7) is 1.87. The predicted molar refractivity (Wildman–Crippen MR) is 98.3 cm³/mol. The van der Waals surface area contributed by atoms with E-state index in [0.717, 1.165) is 40.0 Å². The quantitative estimate of drug-likeness (QED) is 0.568. The molecular weight excluding hydrogens is 392 g/mol. The van der Waals surface area contributed by atoms with E-state index in [1.807, 2.05) is 5.38 Å². The molecule has 0 N–H and O–H groups in total. The van der Waals surface area contributed by atoms with Gasteiger partial charge in [-0.25, -0.2) is 9.37 Å². The lowest BCUT2D eigenvalue weighted by Gasteiger charge is -2.33. The van der Waals surface area contributed by atoms with Gasteiger partial charge in [0.1, 0.15) is 16.5 Å². The molecule has 2 aromatic heterocycles. The third-order valence-electron chi connectivity index (χ3n) is 4.82. The van der Waals surface area contributed by atoms with Crippen LogP contribution in [0.1, 0.15) is 30.3 Å². The molecule has 0 spiro atoms. The zero-order valence-electron chi connectivity index (χ0n) is 14.9. The summed E-state index contributed by atoms with van der Waals surface area (Å²) in [6.07, 6.45) is -1.73. The zero-order chi connectivity index (χ0) is 19.7. The highest BCUT2D eigenvalue weighted by Crippen LogP contribution is 2.33. The maximum Gasteiger partial charge on any atom is 0.433 e. The van der Waals surface area contributed by atoms with Crippen molar-refractivity contribution in [3.63, 3.8) is 0 Å². The molecule has 28 heavy (non-hydrogen) atoms. The predicted octanol–water partition coefficient (Wildman–Crippen LogP) is 5.00. The molecule has 0 saturated carbocycles. The van der Waals surface area contributed by atoms with Crippen LogP contribution in [0.15, 0.2) is 41.9 Å². The van der Waals surface area contributed by atoms with Crippen molar-refractivity contribution < 1.29 is 17.6 Å². The molecule has 4 nitrogen and oxygen atoms in total. The summed E-state index contributed by atoms with van der Waals surface area (Å²) < 4.78 is 53.7. The second kappa shape index (κ2) is 7.63. The minimum atomic E-state index is -4.41. The smallest absolute Gasteiger partial charge is 0.295 e. The molecule has 3 heterocycles. The Labute approximate surface area is 163 Å². The number of piperidine rings is 1. The molecule has 1 aliphatic rings. The van der Waals surface area contributed by atoms with Crippen LogP contribution in [0.4, 0.5) is 17.6 Å². The molecule has 1 aliphatic heterocycles. The molecule has 148 valence electrons. The summed E-state index contributed by atoms with van der Waals surface area (Å²) >= 11 is 1.47. The highest BCUT2D eigenvalue weighted by atomic mass is 32.1. The van der Waals surface area contributed by atoms with E-state index in [1.165, 1.54) is 29.7 Å². The largest absolute Gasteiger partial charge is 0.433 e. The first-order chi connectivity index (χ1) is 13.4. The molecule has 1 aromatic carbocycles. The number of hydrogen-bond donors (Lipinski definition) is 0. The van der Waals surface area contributed by atoms with Gasteiger partial charge in [-0.3, -0.25) is 9.58 Å². The Hall–Kier alpha value is -2.26. The third-order valence-corrected chi connectivity index (χ3v) is 5.76. The number of benzene rings is 1. The second-order valence-electron chi connectivity index (χ2n) is 6.84. The van der Waals surface area contributed by atoms with Crippen molar-refractivity contribution in [1.82, 2.24) is 19.7 Å². The molecule has 0 bridgehead atoms. The summed E-state index contributed by atoms with van der Waals surface area (Å²) in [4.78, 5) is 6.71. The Morgan fingerprint density at radius 3 is 2.68 bits per heavy atom. The second-order valence-corrected chi connectivity index (χ2v) is 7.70. The summed E-state index contributed by atoms with van der Waals surface area (Å²) in [5.41, 5.74) is 1.01. The van der Waals surface area contributed by atoms with Crippen molar-refractivity contribution in [1.29, 1.82) is 0 Å². The van der Waals surface area contributed by atoms with Gasteiger partial charge >= 0.3 is 6.18 Å². The molecule has 0 unspecified atom stereocenters. The van der Waals surface area contributed by atoms with E-state index in [-0.39, 0.29) is 11.9 Å². The fourth-order valence-electron chi connectivity index (χ4n) is 3.54. The number of nitrogens with zero attached hydrogens (tertiary/aromatic N) is 4. The van der Waals surface area contributed by atoms with E-state index in [0.29, 0.717) is 19.5 Å². The number of thiazole rings is 1. The Balaban J connectivity index is 1.45. The van der Waals surface area contributed by atoms with Crippen LogP contribution in [-0.2, 0) is 12.7 Å². The Morgan fingerprint density at radius 1 is 1.14 bits per heavy atom. The molecule has 1 fully saturated rings. The lowest BCUT2D eigenvalue weighted by atomic mass is 10.1. The van der Waals surface area contributed by atoms with Gasteiger partial charge < -0.3 is 0 Å². The number of alkyl halides is 3. The first-order valence-corrected chi connectivity index (χ1v) is 9.81. The summed E-state index contributed by atoms with van der Waals surface area (Å²) in [5.74, 6) is -0.295. The lowest BCUT2D eigenvalue weighted by molar-refractivity contribution is -0.145. The summed E-state index contributed by atoms with van der Waals surface area (Å²) in [7, 11) is 0. The molecule has 0 radical (unpaired) electrons. The van der Waals surface area contributed by atoms with E-state index in [1.54, 1.807) is 12.1 Å². The van der Waals surface area contributed by atoms with Crippen molar-refractivity contribution in [2.45, 2.75) is 31.6 Å². The van der Waals surface area contributed by atoms with E-state index >= 15 is 0 Å². The maximum absolute atomic E-state index is 13.2. The molecular formula is C19H18F4N4S. The Morgan fingerprint density at radius 2 is 1.93 bits per heavy atom. The average Bonchev–Trinajstić information content (AvgIpc) is 3.32. The van der Waals surface area contributed by atoms with Crippen molar-refractivity contribution in [2.75, 3.05) is 13.1 Å². The maximum atomic E-state index is 13.2. The van der Waals surface area contributed by atoms with E-state index in [4.69, 9.17) is 0 Å². The lowest BCUT2D eigenvalue weighted by Crippen LogP contribution is -2.37. The highest BCUT2D eigenvalue weighted by molar-refractivity contribution is 7.13. The van der Waals surface area contributed by atoms with Gasteiger partial charge in [-0.1, -0.05) is 0 Å². The summed E-state index contributed by atoms with van der Waals surface area (Å²) in [5, 5.41) is 6.67. The Bertz CT molecular complexity index is 932. The van der Waals surface area contributed by atoms with Crippen LogP contribution in [0, 0.1) is 5.82 Å². The molecule has 0 amide bonds. The van der Waals surface area contributed by atoms with Crippen molar-refractivity contribution in [3.8, 4) is 10.6 Å². The fourth-order valence-corrected chi connectivity index (χ4v) is 4.35. The van der Waals surface area contributed by atoms with E-state index in [2.05, 4.69) is 15.0 Å². The van der Waals surface area contributed by atoms with Crippen molar-refractivity contribution in [3.05, 3.63) is 59.1 Å². The fraction of sp³-hybridized carbons (Fsp3) is 0.368. The van der Waals surface area contributed by atoms with Crippen LogP contribution in [0.3, 0.4) is 0 Å². The van der Waals surface area contributed by atoms with Gasteiger partial charge in [-0.15, -0.1) is 11.3 Å². The third kappa shape index (κ3) is 4.10. The SMILES string of the molecule is Fc1ccc(-c2nc(CN3CCC[C@H](n4nccc4C(F)(F)F)C3)cs2)cc1. The first-order valence-electron chi connectivity index (χ1n) is 8.93. The monoisotopic (exact) mass is 410 g/mol. The van der Waals surface area contributed by atoms with Crippen molar-refractivity contribution in [2.24, 2.45) is 0 Å². The first kappa shape index (κ1) is 19.1. The van der Waals surface area contributed by atoms with Gasteiger partial charge in [0, 0.05) is 30.2 Å². The standard InChI is InChI=1S/C19H18F4N4S/c20-14-5-3-13(4-6-14)18-25-15(12-28-18)10-26-9-1-2-16(11-26)27-17(7-8-24-27)19(21,22)23/h3-8,12,16H,1-2,9-11H2/t16-/m0/s1. The van der Waals surface area contributed by atoms with E-state index < -0.39 is 11.9 Å². The Kier molecular flexibility index (Phi) is 5.20. The molecule has 1 saturated heterocycles. The van der Waals surface area contributed by atoms with Crippen LogP contribution in [0.25, 0.3) is 10.6 Å². The molecule has 0 aliphatic carbocycles. The van der Waals surface area contributed by atoms with Crippen molar-refractivity contribution >= 4 is 11.3 Å². The van der Waals surface area contributed by atoms with Gasteiger partial charge in [0.15, 0.2) is 0 Å². The summed E-state index contributed by atoms with van der Waals surface area (Å²) in [6, 6.07) is 6.88. The van der Waals surface area contributed by atoms with E-state index in [9.17, 15) is 17.6 Å². The van der Waals surface area contributed by atoms with Gasteiger partial charge in [0.2, 0.25) is 0 Å². The van der Waals surface area contributed by atoms with Crippen LogP contribution in [-0.4, -0.2) is 32.8 Å². The van der Waals surface area contributed by atoms with Gasteiger partial charge in [-0.05, 0) is 49.7 Å². The average molecular weight is 410 g/mol. The zero-order valence-corrected chi connectivity index (χ0v) is 15.7. The number of likely N-dealkylation sites (tertiary alicyclic amines) is 1. The normalized spacial score (nSPS) is 18.5. The highest BCUT2D eigenvalue weighted by Gasteiger charge is 2.37. The number of hydrogen-bond acceptors (Lipinski definition) is 4. The van der Waals surface area contributed by atoms with Gasteiger partial charge in [0.05, 0.1) is 11.7 Å². The van der Waals surface area contributed by atoms with Gasteiger partial charge in [0.25, 0.3) is 0 Å². The van der Waals surface area contributed by atoms with Crippen LogP contribution < -0.4 is 0 Å². The van der Waals surface area contributed by atoms with Crippen LogP contribution in [0.2, 0.25) is 0 Å². The number of halogens is 4. The van der Waals surface area contributed by atoms with Crippen LogP contribution in [0.5, 0.6) is 0 Å². The molecule has 4 rings (SSSR count). The molecule has 3 aromatic rings. The van der Waals surface area contributed by atoms with Crippen LogP contribution >= 0.6 is 11.3 Å². The minimum Gasteiger partial charge on any atom is -0.295 e. The number of rotatable bonds is 4. The van der Waals surface area contributed by atoms with Gasteiger partial charge in [-0.2, -0.15) is 18.3 Å². The molecule has 1 atom stereocenters.